The molecule has 1 aliphatic heterocycles. The number of Topliss-reactive ketones (excluding diaryl/α,β-unsaturated/α-hetero) is 1. The average Bonchev–Trinajstić information content (AvgIpc) is 3.05. The minimum Gasteiger partial charge on any atom is -0.444 e. The number of likely N-dealkylation sites (tertiary alicyclic amines) is 1. The second-order valence-corrected chi connectivity index (χ2v) is 9.67. The van der Waals surface area contributed by atoms with Gasteiger partial charge in [0.15, 0.2) is 5.78 Å². The third-order valence-electron chi connectivity index (χ3n) is 5.85. The number of carbonyl (C=O) groups excluding carboxylic acids is 2. The molecule has 3 atom stereocenters. The molecule has 34 heavy (non-hydrogen) atoms. The van der Waals surface area contributed by atoms with E-state index in [1.807, 2.05) is 13.8 Å². The summed E-state index contributed by atoms with van der Waals surface area (Å²) in [6.45, 7) is 9.29. The number of ketones is 1. The van der Waals surface area contributed by atoms with Gasteiger partial charge in [-0.3, -0.25) is 14.7 Å². The first kappa shape index (κ1) is 25.6. The van der Waals surface area contributed by atoms with Crippen molar-refractivity contribution in [2.24, 2.45) is 5.92 Å². The minimum atomic E-state index is -4.61. The maximum atomic E-state index is 13.1. The van der Waals surface area contributed by atoms with E-state index in [4.69, 9.17) is 4.74 Å². The highest BCUT2D eigenvalue weighted by Gasteiger charge is 2.44. The van der Waals surface area contributed by atoms with Gasteiger partial charge in [-0.2, -0.15) is 13.2 Å². The van der Waals surface area contributed by atoms with Gasteiger partial charge in [-0.05, 0) is 64.2 Å². The molecule has 3 rings (SSSR count). The number of amides is 1. The zero-order chi connectivity index (χ0) is 25.3. The first-order chi connectivity index (χ1) is 15.8. The molecule has 3 heterocycles. The Balaban J connectivity index is 1.69. The van der Waals surface area contributed by atoms with Gasteiger partial charge in [0.25, 0.3) is 0 Å². The van der Waals surface area contributed by atoms with Crippen molar-refractivity contribution >= 4 is 11.9 Å². The fourth-order valence-corrected chi connectivity index (χ4v) is 3.94. The number of rotatable bonds is 5. The molecule has 2 aromatic heterocycles. The summed E-state index contributed by atoms with van der Waals surface area (Å²) in [5.41, 5.74) is 0.889. The first-order valence-corrected chi connectivity index (χ1v) is 11.1. The lowest BCUT2D eigenvalue weighted by Crippen LogP contribution is -2.46. The van der Waals surface area contributed by atoms with Crippen molar-refractivity contribution in [2.75, 3.05) is 0 Å². The van der Waals surface area contributed by atoms with Gasteiger partial charge in [-0.25, -0.2) is 14.8 Å². The number of aromatic nitrogens is 3. The average molecular weight is 479 g/mol. The summed E-state index contributed by atoms with van der Waals surface area (Å²) in [6.07, 6.45) is -0.246. The molecule has 0 aromatic carbocycles. The lowest BCUT2D eigenvalue weighted by molar-refractivity contribution is -0.145. The molecule has 0 radical (unpaired) electrons. The third-order valence-corrected chi connectivity index (χ3v) is 5.85. The van der Waals surface area contributed by atoms with Crippen molar-refractivity contribution in [3.05, 3.63) is 42.1 Å². The van der Waals surface area contributed by atoms with Crippen LogP contribution < -0.4 is 0 Å². The molecule has 1 amide bonds. The number of nitrogens with zero attached hydrogens (tertiary/aromatic N) is 4. The zero-order valence-electron chi connectivity index (χ0n) is 19.9. The Morgan fingerprint density at radius 3 is 2.35 bits per heavy atom. The molecule has 0 bridgehead atoms. The van der Waals surface area contributed by atoms with Crippen LogP contribution in [-0.2, 0) is 22.1 Å². The smallest absolute Gasteiger partial charge is 0.444 e. The lowest BCUT2D eigenvalue weighted by Gasteiger charge is -2.31. The Hall–Kier alpha value is -3.04. The summed E-state index contributed by atoms with van der Waals surface area (Å²) >= 11 is 0. The number of hydrogen-bond donors (Lipinski definition) is 0. The lowest BCUT2D eigenvalue weighted by atomic mass is 9.98. The summed E-state index contributed by atoms with van der Waals surface area (Å²) < 4.78 is 43.6. The van der Waals surface area contributed by atoms with Gasteiger partial charge in [0, 0.05) is 36.6 Å². The van der Waals surface area contributed by atoms with Crippen LogP contribution in [0.3, 0.4) is 0 Å². The van der Waals surface area contributed by atoms with Crippen LogP contribution in [0.4, 0.5) is 18.0 Å². The van der Waals surface area contributed by atoms with Crippen molar-refractivity contribution in [1.29, 1.82) is 0 Å². The Morgan fingerprint density at radius 2 is 1.76 bits per heavy atom. The van der Waals surface area contributed by atoms with Crippen LogP contribution >= 0.6 is 0 Å². The van der Waals surface area contributed by atoms with Crippen LogP contribution in [0, 0.1) is 5.92 Å². The predicted molar refractivity (Wildman–Crippen MR) is 119 cm³/mol. The maximum Gasteiger partial charge on any atom is 0.451 e. The van der Waals surface area contributed by atoms with E-state index in [2.05, 4.69) is 15.0 Å². The molecule has 2 aromatic rings. The van der Waals surface area contributed by atoms with Crippen molar-refractivity contribution in [2.45, 2.75) is 77.7 Å². The Bertz CT molecular complexity index is 1030. The predicted octanol–water partition coefficient (Wildman–Crippen LogP) is 5.09. The first-order valence-electron chi connectivity index (χ1n) is 11.1. The highest BCUT2D eigenvalue weighted by Crippen LogP contribution is 2.32. The topological polar surface area (TPSA) is 85.3 Å². The van der Waals surface area contributed by atoms with Crippen molar-refractivity contribution in [1.82, 2.24) is 19.9 Å². The van der Waals surface area contributed by atoms with Gasteiger partial charge in [0.1, 0.15) is 5.60 Å². The zero-order valence-corrected chi connectivity index (χ0v) is 19.9. The fourth-order valence-electron chi connectivity index (χ4n) is 3.94. The van der Waals surface area contributed by atoms with Crippen molar-refractivity contribution in [3.8, 4) is 11.3 Å². The highest BCUT2D eigenvalue weighted by molar-refractivity contribution is 5.88. The molecule has 1 saturated heterocycles. The minimum absolute atomic E-state index is 0.0571. The number of halogens is 3. The van der Waals surface area contributed by atoms with Crippen LogP contribution in [0.1, 0.15) is 58.8 Å². The molecule has 1 aliphatic rings. The van der Waals surface area contributed by atoms with Crippen molar-refractivity contribution < 1.29 is 27.5 Å². The second-order valence-electron chi connectivity index (χ2n) is 9.67. The summed E-state index contributed by atoms with van der Waals surface area (Å²) in [5, 5.41) is 0. The molecular formula is C24H29F3N4O3. The molecule has 0 unspecified atom stereocenters. The quantitative estimate of drug-likeness (QED) is 0.595. The highest BCUT2D eigenvalue weighted by atomic mass is 19.4. The standard InChI is InChI=1S/C24H29F3N4O3/c1-14-10-19(31(15(14)2)22(33)34-23(3,4)5)20(32)7-6-16-8-9-28-18(11-16)17-12-29-21(30-13-17)24(25,26)27/h8-9,11-15,19H,6-7,10H2,1-5H3/t14-,15-,19-/m0/s1. The summed E-state index contributed by atoms with van der Waals surface area (Å²) in [7, 11) is 0. The number of carbonyl (C=O) groups is 2. The van der Waals surface area contributed by atoms with Gasteiger partial charge in [-0.1, -0.05) is 6.92 Å². The van der Waals surface area contributed by atoms with Gasteiger partial charge >= 0.3 is 12.3 Å². The van der Waals surface area contributed by atoms with Crippen LogP contribution in [0.25, 0.3) is 11.3 Å². The number of ether oxygens (including phenoxy) is 1. The van der Waals surface area contributed by atoms with Crippen LogP contribution in [0.15, 0.2) is 30.7 Å². The Morgan fingerprint density at radius 1 is 1.12 bits per heavy atom. The van der Waals surface area contributed by atoms with E-state index in [1.54, 1.807) is 37.8 Å². The van der Waals surface area contributed by atoms with E-state index in [-0.39, 0.29) is 24.2 Å². The SMILES string of the molecule is C[C@H]1C[C@@H](C(=O)CCc2ccnc(-c3cnc(C(F)(F)F)nc3)c2)N(C(=O)OC(C)(C)C)[C@H]1C. The van der Waals surface area contributed by atoms with E-state index in [1.165, 1.54) is 6.20 Å². The molecule has 0 aliphatic carbocycles. The van der Waals surface area contributed by atoms with Gasteiger partial charge in [-0.15, -0.1) is 0 Å². The molecule has 184 valence electrons. The van der Waals surface area contributed by atoms with Crippen LogP contribution in [0.2, 0.25) is 0 Å². The molecule has 1 fully saturated rings. The third kappa shape index (κ3) is 6.09. The van der Waals surface area contributed by atoms with E-state index in [9.17, 15) is 22.8 Å². The van der Waals surface area contributed by atoms with E-state index >= 15 is 0 Å². The monoisotopic (exact) mass is 478 g/mol. The van der Waals surface area contributed by atoms with Gasteiger partial charge in [0.05, 0.1) is 11.7 Å². The summed E-state index contributed by atoms with van der Waals surface area (Å²) in [5.74, 6) is -1.11. The summed E-state index contributed by atoms with van der Waals surface area (Å²) in [6, 6.07) is 2.78. The van der Waals surface area contributed by atoms with E-state index in [0.717, 1.165) is 18.0 Å². The number of pyridine rings is 1. The number of aryl methyl sites for hydroxylation is 1. The van der Waals surface area contributed by atoms with Crippen molar-refractivity contribution in [3.63, 3.8) is 0 Å². The second kappa shape index (κ2) is 9.68. The number of alkyl halides is 3. The molecule has 0 N–H and O–H groups in total. The fraction of sp³-hybridized carbons (Fsp3) is 0.542. The number of hydrogen-bond acceptors (Lipinski definition) is 6. The van der Waals surface area contributed by atoms with Gasteiger partial charge < -0.3 is 4.74 Å². The van der Waals surface area contributed by atoms with E-state index in [0.29, 0.717) is 24.1 Å². The van der Waals surface area contributed by atoms with Gasteiger partial charge in [0.2, 0.25) is 5.82 Å². The molecule has 7 nitrogen and oxygen atoms in total. The molecular weight excluding hydrogens is 449 g/mol. The Labute approximate surface area is 196 Å². The van der Waals surface area contributed by atoms with E-state index < -0.39 is 29.7 Å². The van der Waals surface area contributed by atoms with Crippen LogP contribution in [0.5, 0.6) is 0 Å². The normalized spacial score (nSPS) is 20.9. The Kier molecular flexibility index (Phi) is 7.28. The maximum absolute atomic E-state index is 13.1. The molecule has 10 heteroatoms. The van der Waals surface area contributed by atoms with Crippen LogP contribution in [-0.4, -0.2) is 49.4 Å². The largest absolute Gasteiger partial charge is 0.451 e. The molecule has 0 spiro atoms. The molecule has 0 saturated carbocycles. The summed E-state index contributed by atoms with van der Waals surface area (Å²) in [4.78, 5) is 38.3.